The number of rotatable bonds is 6. The van der Waals surface area contributed by atoms with Crippen LogP contribution in [-0.4, -0.2) is 23.6 Å². The fraction of sp³-hybridized carbons (Fsp3) is 0.462. The fourth-order valence-corrected chi connectivity index (χ4v) is 1.80. The molecule has 1 aromatic rings. The van der Waals surface area contributed by atoms with Crippen molar-refractivity contribution in [2.45, 2.75) is 26.3 Å². The summed E-state index contributed by atoms with van der Waals surface area (Å²) in [5.41, 5.74) is 5.79. The molecular formula is C13H20N2OS. The molecule has 1 aromatic carbocycles. The van der Waals surface area contributed by atoms with Crippen LogP contribution in [0.4, 0.5) is 0 Å². The van der Waals surface area contributed by atoms with Gasteiger partial charge in [0.05, 0.1) is 6.61 Å². The molecule has 0 heterocycles. The van der Waals surface area contributed by atoms with E-state index in [9.17, 15) is 0 Å². The molecule has 0 saturated heterocycles. The lowest BCUT2D eigenvalue weighted by molar-refractivity contribution is 0.344. The van der Waals surface area contributed by atoms with Gasteiger partial charge in [-0.1, -0.05) is 36.9 Å². The van der Waals surface area contributed by atoms with Crippen LogP contribution in [-0.2, 0) is 0 Å². The van der Waals surface area contributed by atoms with E-state index < -0.39 is 0 Å². The molecule has 3 nitrogen and oxygen atoms in total. The van der Waals surface area contributed by atoms with Crippen molar-refractivity contribution in [3.05, 3.63) is 30.3 Å². The Hall–Kier alpha value is -1.16. The molecule has 0 aliphatic rings. The van der Waals surface area contributed by atoms with Gasteiger partial charge in [0, 0.05) is 11.8 Å². The van der Waals surface area contributed by atoms with E-state index in [2.05, 4.69) is 18.8 Å². The second-order valence-corrected chi connectivity index (χ2v) is 4.85. The maximum atomic E-state index is 5.79. The summed E-state index contributed by atoms with van der Waals surface area (Å²) in [5.74, 6) is 1.71. The highest BCUT2D eigenvalue weighted by Crippen LogP contribution is 2.09. The molecule has 0 saturated carbocycles. The van der Waals surface area contributed by atoms with Gasteiger partial charge in [0.15, 0.2) is 5.17 Å². The summed E-state index contributed by atoms with van der Waals surface area (Å²) in [4.78, 5) is 4.34. The monoisotopic (exact) mass is 252 g/mol. The van der Waals surface area contributed by atoms with E-state index >= 15 is 0 Å². The molecule has 0 aromatic heterocycles. The largest absolute Gasteiger partial charge is 0.493 e. The summed E-state index contributed by atoms with van der Waals surface area (Å²) < 4.78 is 5.56. The third-order valence-electron chi connectivity index (χ3n) is 2.28. The summed E-state index contributed by atoms with van der Waals surface area (Å²) in [6, 6.07) is 10.1. The lowest BCUT2D eigenvalue weighted by atomic mass is 10.3. The average Bonchev–Trinajstić information content (AvgIpc) is 2.36. The topological polar surface area (TPSA) is 47.6 Å². The Kier molecular flexibility index (Phi) is 6.55. The molecule has 2 N–H and O–H groups in total. The van der Waals surface area contributed by atoms with E-state index in [-0.39, 0.29) is 0 Å². The van der Waals surface area contributed by atoms with Crippen LogP contribution in [0.15, 0.2) is 35.3 Å². The maximum Gasteiger partial charge on any atom is 0.154 e. The number of thioether (sulfide) groups is 1. The molecule has 1 atom stereocenters. The van der Waals surface area contributed by atoms with Crippen molar-refractivity contribution in [2.75, 3.05) is 12.4 Å². The van der Waals surface area contributed by atoms with Gasteiger partial charge >= 0.3 is 0 Å². The third-order valence-corrected chi connectivity index (χ3v) is 3.06. The standard InChI is InChI=1S/C13H20N2OS/c1-3-11(2)15-13(14)17-10-9-16-12-7-5-4-6-8-12/h4-8,11H,3,9-10H2,1-2H3,(H2,14,15). The number of ether oxygens (including phenoxy) is 1. The number of aliphatic imine (C=N–C) groups is 1. The first kappa shape index (κ1) is 13.9. The molecule has 0 radical (unpaired) electrons. The van der Waals surface area contributed by atoms with Gasteiger partial charge in [0.25, 0.3) is 0 Å². The molecule has 0 aliphatic heterocycles. The first-order valence-electron chi connectivity index (χ1n) is 5.86. The zero-order chi connectivity index (χ0) is 12.5. The minimum Gasteiger partial charge on any atom is -0.493 e. The van der Waals surface area contributed by atoms with Crippen LogP contribution >= 0.6 is 11.8 Å². The van der Waals surface area contributed by atoms with E-state index in [1.807, 2.05) is 30.3 Å². The average molecular weight is 252 g/mol. The van der Waals surface area contributed by atoms with E-state index in [4.69, 9.17) is 10.5 Å². The molecule has 0 amide bonds. The van der Waals surface area contributed by atoms with Gasteiger partial charge in [0.1, 0.15) is 5.75 Å². The molecule has 94 valence electrons. The first-order chi connectivity index (χ1) is 8.22. The fourth-order valence-electron chi connectivity index (χ4n) is 1.17. The quantitative estimate of drug-likeness (QED) is 0.481. The van der Waals surface area contributed by atoms with Gasteiger partial charge in [0.2, 0.25) is 0 Å². The Labute approximate surface area is 107 Å². The lowest BCUT2D eigenvalue weighted by Gasteiger charge is -2.06. The van der Waals surface area contributed by atoms with E-state index in [0.717, 1.165) is 17.9 Å². The van der Waals surface area contributed by atoms with Crippen molar-refractivity contribution >= 4 is 16.9 Å². The number of para-hydroxylation sites is 1. The Morgan fingerprint density at radius 1 is 1.41 bits per heavy atom. The van der Waals surface area contributed by atoms with Gasteiger partial charge in [-0.2, -0.15) is 0 Å². The van der Waals surface area contributed by atoms with Crippen LogP contribution in [0.1, 0.15) is 20.3 Å². The van der Waals surface area contributed by atoms with Crippen LogP contribution in [0.25, 0.3) is 0 Å². The Balaban J connectivity index is 2.18. The highest BCUT2D eigenvalue weighted by molar-refractivity contribution is 8.13. The molecule has 1 rings (SSSR count). The van der Waals surface area contributed by atoms with Gasteiger partial charge in [-0.15, -0.1) is 0 Å². The van der Waals surface area contributed by atoms with Crippen molar-refractivity contribution < 1.29 is 4.74 Å². The Bertz CT molecular complexity index is 341. The molecule has 4 heteroatoms. The molecular weight excluding hydrogens is 232 g/mol. The molecule has 0 fully saturated rings. The minimum atomic E-state index is 0.303. The zero-order valence-corrected chi connectivity index (χ0v) is 11.2. The predicted molar refractivity (Wildman–Crippen MR) is 75.8 cm³/mol. The number of nitrogens with two attached hydrogens (primary N) is 1. The molecule has 0 bridgehead atoms. The van der Waals surface area contributed by atoms with Crippen LogP contribution in [0.2, 0.25) is 0 Å². The summed E-state index contributed by atoms with van der Waals surface area (Å²) >= 11 is 1.54. The van der Waals surface area contributed by atoms with Gasteiger partial charge < -0.3 is 10.5 Å². The smallest absolute Gasteiger partial charge is 0.154 e. The molecule has 0 spiro atoms. The Morgan fingerprint density at radius 2 is 2.12 bits per heavy atom. The van der Waals surface area contributed by atoms with E-state index in [0.29, 0.717) is 17.8 Å². The summed E-state index contributed by atoms with van der Waals surface area (Å²) in [7, 11) is 0. The summed E-state index contributed by atoms with van der Waals surface area (Å²) in [5, 5.41) is 0.649. The molecule has 17 heavy (non-hydrogen) atoms. The number of hydrogen-bond donors (Lipinski definition) is 1. The van der Waals surface area contributed by atoms with Crippen molar-refractivity contribution in [1.29, 1.82) is 0 Å². The highest BCUT2D eigenvalue weighted by Gasteiger charge is 1.99. The van der Waals surface area contributed by atoms with Crippen molar-refractivity contribution in [3.63, 3.8) is 0 Å². The summed E-state index contributed by atoms with van der Waals surface area (Å²) in [6.07, 6.45) is 1.02. The number of hydrogen-bond acceptors (Lipinski definition) is 3. The highest BCUT2D eigenvalue weighted by atomic mass is 32.2. The predicted octanol–water partition coefficient (Wildman–Crippen LogP) is 2.91. The normalized spacial score (nSPS) is 13.4. The van der Waals surface area contributed by atoms with Crippen molar-refractivity contribution in [1.82, 2.24) is 0 Å². The van der Waals surface area contributed by atoms with Gasteiger partial charge in [-0.25, -0.2) is 0 Å². The summed E-state index contributed by atoms with van der Waals surface area (Å²) in [6.45, 7) is 4.81. The lowest BCUT2D eigenvalue weighted by Crippen LogP contribution is -2.13. The number of benzene rings is 1. The van der Waals surface area contributed by atoms with Crippen LogP contribution < -0.4 is 10.5 Å². The first-order valence-corrected chi connectivity index (χ1v) is 6.85. The maximum absolute atomic E-state index is 5.79. The second-order valence-electron chi connectivity index (χ2n) is 3.73. The van der Waals surface area contributed by atoms with Crippen molar-refractivity contribution in [2.24, 2.45) is 10.7 Å². The number of amidine groups is 1. The second kappa shape index (κ2) is 8.01. The minimum absolute atomic E-state index is 0.303. The van der Waals surface area contributed by atoms with Crippen molar-refractivity contribution in [3.8, 4) is 5.75 Å². The van der Waals surface area contributed by atoms with Crippen LogP contribution in [0.5, 0.6) is 5.75 Å². The van der Waals surface area contributed by atoms with E-state index in [1.165, 1.54) is 0 Å². The number of nitrogens with zero attached hydrogens (tertiary/aromatic N) is 1. The third kappa shape index (κ3) is 6.22. The molecule has 1 unspecified atom stereocenters. The van der Waals surface area contributed by atoms with Gasteiger partial charge in [-0.05, 0) is 25.5 Å². The molecule has 0 aliphatic carbocycles. The van der Waals surface area contributed by atoms with Gasteiger partial charge in [-0.3, -0.25) is 4.99 Å². The SMILES string of the molecule is CCC(C)N=C(N)SCCOc1ccccc1. The van der Waals surface area contributed by atoms with Crippen LogP contribution in [0, 0.1) is 0 Å². The zero-order valence-electron chi connectivity index (χ0n) is 10.4. The Morgan fingerprint density at radius 3 is 2.76 bits per heavy atom. The van der Waals surface area contributed by atoms with E-state index in [1.54, 1.807) is 11.8 Å². The van der Waals surface area contributed by atoms with Crippen LogP contribution in [0.3, 0.4) is 0 Å².